The smallest absolute Gasteiger partial charge is 0.0463 e. The van der Waals surface area contributed by atoms with Crippen LogP contribution in [0.1, 0.15) is 102 Å². The van der Waals surface area contributed by atoms with Gasteiger partial charge in [-0.2, -0.15) is 0 Å². The number of anilines is 6. The molecule has 0 saturated carbocycles. The van der Waals surface area contributed by atoms with Gasteiger partial charge < -0.3 is 9.80 Å². The molecule has 7 aromatic rings. The van der Waals surface area contributed by atoms with E-state index in [0.717, 1.165) is 47.0 Å². The topological polar surface area (TPSA) is 6.48 Å². The molecule has 300 valence electrons. The van der Waals surface area contributed by atoms with Gasteiger partial charge in [0.2, 0.25) is 0 Å². The summed E-state index contributed by atoms with van der Waals surface area (Å²) in [4.78, 5) is 4.72. The molecule has 0 aliphatic rings. The van der Waals surface area contributed by atoms with Gasteiger partial charge in [0.15, 0.2) is 0 Å². The van der Waals surface area contributed by atoms with Gasteiger partial charge in [-0.25, -0.2) is 0 Å². The summed E-state index contributed by atoms with van der Waals surface area (Å²) < 4.78 is 0. The lowest BCUT2D eigenvalue weighted by Gasteiger charge is -2.31. The van der Waals surface area contributed by atoms with E-state index in [9.17, 15) is 0 Å². The molecule has 0 bridgehead atoms. The number of benzene rings is 7. The average Bonchev–Trinajstić information content (AvgIpc) is 3.23. The van der Waals surface area contributed by atoms with Gasteiger partial charge in [0.1, 0.15) is 0 Å². The predicted molar refractivity (Wildman–Crippen MR) is 256 cm³/mol. The molecule has 0 aromatic heterocycles. The summed E-state index contributed by atoms with van der Waals surface area (Å²) in [7, 11) is 0. The van der Waals surface area contributed by atoms with Crippen molar-refractivity contribution in [1.82, 2.24) is 0 Å². The highest BCUT2D eigenvalue weighted by Crippen LogP contribution is 2.42. The molecule has 0 saturated heterocycles. The summed E-state index contributed by atoms with van der Waals surface area (Å²) >= 11 is 0. The van der Waals surface area contributed by atoms with Crippen LogP contribution in [0.15, 0.2) is 170 Å². The van der Waals surface area contributed by atoms with Crippen molar-refractivity contribution in [2.45, 2.75) is 98.3 Å². The lowest BCUT2D eigenvalue weighted by molar-refractivity contribution is 0.512. The molecule has 7 rings (SSSR count). The van der Waals surface area contributed by atoms with E-state index in [1.54, 1.807) is 0 Å². The second-order valence-corrected chi connectivity index (χ2v) is 18.7. The van der Waals surface area contributed by atoms with Crippen LogP contribution < -0.4 is 9.80 Å². The fourth-order valence-electron chi connectivity index (χ4n) is 8.27. The lowest BCUT2D eigenvalue weighted by Crippen LogP contribution is -2.23. The molecule has 0 heterocycles. The van der Waals surface area contributed by atoms with Crippen molar-refractivity contribution in [2.24, 2.45) is 0 Å². The van der Waals surface area contributed by atoms with E-state index >= 15 is 0 Å². The van der Waals surface area contributed by atoms with Crippen LogP contribution in [0.4, 0.5) is 34.1 Å². The molecule has 0 fully saturated rings. The molecule has 2 nitrogen and oxygen atoms in total. The van der Waals surface area contributed by atoms with Gasteiger partial charge in [0.25, 0.3) is 0 Å². The Hall–Kier alpha value is -5.86. The standard InChI is InChI=1S/C57H62N2/c1-11-40-57(10,47-20-12-41(2)13-21-47)48-22-16-43(17-23-48)44-18-30-50(31-19-44)59(52-34-26-46(27-35-52)56(7,8)9)54-38-36-53(37-39-54)58(49-28-14-42(3)15-29-49)51-32-24-45(25-33-51)55(4,5)6/h12-39H,11,40H2,1-10H3. The molecule has 0 aliphatic heterocycles. The monoisotopic (exact) mass is 774 g/mol. The third kappa shape index (κ3) is 9.08. The SMILES string of the molecule is CCCC(C)(c1ccc(C)cc1)c1ccc(-c2ccc(N(c3ccc(N(c4ccc(C)cc4)c4ccc(C(C)(C)C)cc4)cc3)c3ccc(C(C)(C)C)cc3)cc2)cc1. The van der Waals surface area contributed by atoms with Crippen molar-refractivity contribution in [3.63, 3.8) is 0 Å². The largest absolute Gasteiger partial charge is 0.311 e. The Morgan fingerprint density at radius 3 is 0.881 bits per heavy atom. The number of hydrogen-bond acceptors (Lipinski definition) is 2. The Morgan fingerprint density at radius 2 is 0.559 bits per heavy atom. The second-order valence-electron chi connectivity index (χ2n) is 18.7. The highest BCUT2D eigenvalue weighted by atomic mass is 15.2. The molecule has 1 atom stereocenters. The average molecular weight is 775 g/mol. The number of nitrogens with zero attached hydrogens (tertiary/aromatic N) is 2. The first-order valence-electron chi connectivity index (χ1n) is 21.4. The first-order chi connectivity index (χ1) is 28.1. The quantitative estimate of drug-likeness (QED) is 0.129. The molecule has 0 N–H and O–H groups in total. The van der Waals surface area contributed by atoms with Crippen molar-refractivity contribution in [3.05, 3.63) is 203 Å². The summed E-state index contributed by atoms with van der Waals surface area (Å²) in [5.74, 6) is 0. The Bertz CT molecular complexity index is 2430. The predicted octanol–water partition coefficient (Wildman–Crippen LogP) is 16.6. The number of aryl methyl sites for hydroxylation is 2. The Kier molecular flexibility index (Phi) is 11.7. The summed E-state index contributed by atoms with van der Waals surface area (Å²) in [6.07, 6.45) is 2.23. The maximum atomic E-state index is 2.39. The van der Waals surface area contributed by atoms with Crippen molar-refractivity contribution < 1.29 is 0 Å². The lowest BCUT2D eigenvalue weighted by atomic mass is 9.73. The van der Waals surface area contributed by atoms with E-state index in [2.05, 4.69) is 249 Å². The molecular formula is C57H62N2. The summed E-state index contributed by atoms with van der Waals surface area (Å²) in [6.45, 7) is 22.6. The molecule has 0 aliphatic carbocycles. The molecule has 59 heavy (non-hydrogen) atoms. The maximum absolute atomic E-state index is 2.39. The molecule has 0 spiro atoms. The van der Waals surface area contributed by atoms with Crippen LogP contribution in [0.3, 0.4) is 0 Å². The third-order valence-electron chi connectivity index (χ3n) is 12.1. The Labute approximate surface area is 355 Å². The number of hydrogen-bond donors (Lipinski definition) is 0. The van der Waals surface area contributed by atoms with Gasteiger partial charge in [-0.1, -0.05) is 170 Å². The van der Waals surface area contributed by atoms with E-state index in [-0.39, 0.29) is 16.2 Å². The van der Waals surface area contributed by atoms with Crippen molar-refractivity contribution in [1.29, 1.82) is 0 Å². The van der Waals surface area contributed by atoms with Crippen LogP contribution in [0.5, 0.6) is 0 Å². The molecule has 7 aromatic carbocycles. The van der Waals surface area contributed by atoms with Crippen LogP contribution in [0.2, 0.25) is 0 Å². The molecule has 2 heteroatoms. The molecule has 0 amide bonds. The summed E-state index contributed by atoms with van der Waals surface area (Å²) in [5.41, 5.74) is 17.2. The Morgan fingerprint density at radius 1 is 0.322 bits per heavy atom. The first-order valence-corrected chi connectivity index (χ1v) is 21.4. The van der Waals surface area contributed by atoms with Crippen molar-refractivity contribution in [2.75, 3.05) is 9.80 Å². The van der Waals surface area contributed by atoms with Gasteiger partial charge in [-0.15, -0.1) is 0 Å². The zero-order valence-electron chi connectivity index (χ0n) is 37.0. The highest BCUT2D eigenvalue weighted by Gasteiger charge is 2.28. The van der Waals surface area contributed by atoms with Gasteiger partial charge in [-0.05, 0) is 137 Å². The van der Waals surface area contributed by atoms with E-state index in [0.29, 0.717) is 0 Å². The maximum Gasteiger partial charge on any atom is 0.0463 e. The fourth-order valence-corrected chi connectivity index (χ4v) is 8.27. The highest BCUT2D eigenvalue weighted by molar-refractivity contribution is 5.82. The van der Waals surface area contributed by atoms with Crippen LogP contribution in [0.25, 0.3) is 11.1 Å². The zero-order valence-corrected chi connectivity index (χ0v) is 37.0. The van der Waals surface area contributed by atoms with Crippen LogP contribution >= 0.6 is 0 Å². The molecule has 0 radical (unpaired) electrons. The zero-order chi connectivity index (χ0) is 42.0. The van der Waals surface area contributed by atoms with Crippen LogP contribution in [-0.2, 0) is 16.2 Å². The summed E-state index contributed by atoms with van der Waals surface area (Å²) in [6, 6.07) is 63.3. The van der Waals surface area contributed by atoms with Crippen molar-refractivity contribution in [3.8, 4) is 11.1 Å². The minimum absolute atomic E-state index is 0.0303. The third-order valence-corrected chi connectivity index (χ3v) is 12.1. The molecule has 1 unspecified atom stereocenters. The minimum atomic E-state index is -0.0303. The van der Waals surface area contributed by atoms with E-state index in [4.69, 9.17) is 0 Å². The van der Waals surface area contributed by atoms with Gasteiger partial charge in [0.05, 0.1) is 0 Å². The van der Waals surface area contributed by atoms with Crippen LogP contribution in [0, 0.1) is 13.8 Å². The Balaban J connectivity index is 1.23. The van der Waals surface area contributed by atoms with Crippen LogP contribution in [-0.4, -0.2) is 0 Å². The van der Waals surface area contributed by atoms with Gasteiger partial charge in [0, 0.05) is 39.5 Å². The second kappa shape index (κ2) is 16.8. The molecular weight excluding hydrogens is 713 g/mol. The van der Waals surface area contributed by atoms with E-state index in [1.165, 1.54) is 44.5 Å². The van der Waals surface area contributed by atoms with E-state index in [1.807, 2.05) is 0 Å². The number of rotatable bonds is 11. The minimum Gasteiger partial charge on any atom is -0.311 e. The first kappa shape index (κ1) is 41.3. The van der Waals surface area contributed by atoms with Gasteiger partial charge >= 0.3 is 0 Å². The van der Waals surface area contributed by atoms with E-state index < -0.39 is 0 Å². The fraction of sp³-hybridized carbons (Fsp3) is 0.263. The normalized spacial score (nSPS) is 12.8. The van der Waals surface area contributed by atoms with Crippen molar-refractivity contribution >= 4 is 34.1 Å². The summed E-state index contributed by atoms with van der Waals surface area (Å²) in [5, 5.41) is 0. The van der Waals surface area contributed by atoms with Gasteiger partial charge in [-0.3, -0.25) is 0 Å².